The predicted octanol–water partition coefficient (Wildman–Crippen LogP) is 3.11. The number of hydrogen-bond donors (Lipinski definition) is 3. The molecule has 5 rings (SSSR count). The molecule has 3 aromatic rings. The van der Waals surface area contributed by atoms with Crippen LogP contribution in [0.2, 0.25) is 0 Å². The molecule has 29 heavy (non-hydrogen) atoms. The van der Waals surface area contributed by atoms with Crippen molar-refractivity contribution < 1.29 is 18.3 Å². The van der Waals surface area contributed by atoms with Gasteiger partial charge in [0.15, 0.2) is 17.3 Å². The number of pyridine rings is 1. The third kappa shape index (κ3) is 2.96. The molecule has 3 heterocycles. The van der Waals surface area contributed by atoms with Gasteiger partial charge < -0.3 is 20.7 Å². The Hall–Kier alpha value is -3.27. The first-order valence-electron chi connectivity index (χ1n) is 9.27. The number of anilines is 3. The Morgan fingerprint density at radius 2 is 2.14 bits per heavy atom. The molecule has 2 aliphatic rings. The minimum Gasteiger partial charge on any atom is -0.386 e. The minimum absolute atomic E-state index is 0.0600. The fraction of sp³-hybridized carbons (Fsp3) is 0.316. The van der Waals surface area contributed by atoms with Crippen LogP contribution >= 0.6 is 0 Å². The van der Waals surface area contributed by atoms with Crippen LogP contribution in [0.1, 0.15) is 18.4 Å². The monoisotopic (exact) mass is 400 g/mol. The van der Waals surface area contributed by atoms with E-state index in [1.165, 1.54) is 17.0 Å². The SMILES string of the molecule is CNc1cc2nc3c1ncn3C(=O)N[C@@H]1CC[C@H]1OCc1cc(F)c(F)c(c1)N2. The summed E-state index contributed by atoms with van der Waals surface area (Å²) in [6, 6.07) is 3.69. The Labute approximate surface area is 164 Å². The maximum absolute atomic E-state index is 14.4. The number of carbonyl (C=O) groups excluding carboxylic acids is 1. The van der Waals surface area contributed by atoms with Crippen LogP contribution < -0.4 is 16.0 Å². The van der Waals surface area contributed by atoms with Crippen molar-refractivity contribution in [2.45, 2.75) is 31.6 Å². The Balaban J connectivity index is 1.68. The second-order valence-electron chi connectivity index (χ2n) is 7.14. The molecule has 2 atom stereocenters. The predicted molar refractivity (Wildman–Crippen MR) is 102 cm³/mol. The summed E-state index contributed by atoms with van der Waals surface area (Å²) in [4.78, 5) is 21.5. The molecule has 1 aromatic carbocycles. The third-order valence-corrected chi connectivity index (χ3v) is 5.33. The number of hydrogen-bond acceptors (Lipinski definition) is 6. The quantitative estimate of drug-likeness (QED) is 0.581. The van der Waals surface area contributed by atoms with Gasteiger partial charge >= 0.3 is 6.03 Å². The van der Waals surface area contributed by atoms with E-state index in [0.717, 1.165) is 18.9 Å². The highest BCUT2D eigenvalue weighted by atomic mass is 19.2. The fourth-order valence-corrected chi connectivity index (χ4v) is 3.62. The van der Waals surface area contributed by atoms with E-state index in [4.69, 9.17) is 4.74 Å². The number of imidazole rings is 1. The van der Waals surface area contributed by atoms with Gasteiger partial charge in [0.2, 0.25) is 0 Å². The number of carbonyl (C=O) groups is 1. The summed E-state index contributed by atoms with van der Waals surface area (Å²) in [5.41, 5.74) is 1.80. The van der Waals surface area contributed by atoms with E-state index >= 15 is 0 Å². The van der Waals surface area contributed by atoms with Crippen LogP contribution in [0.15, 0.2) is 24.5 Å². The third-order valence-electron chi connectivity index (χ3n) is 5.33. The molecule has 1 saturated carbocycles. The number of fused-ring (bicyclic) bond motifs is 4. The second-order valence-corrected chi connectivity index (χ2v) is 7.14. The van der Waals surface area contributed by atoms with Gasteiger partial charge in [0, 0.05) is 13.1 Å². The van der Waals surface area contributed by atoms with Gasteiger partial charge in [-0.1, -0.05) is 0 Å². The normalized spacial score (nSPS) is 21.0. The number of benzene rings is 1. The van der Waals surface area contributed by atoms with E-state index in [0.29, 0.717) is 22.4 Å². The Morgan fingerprint density at radius 3 is 2.90 bits per heavy atom. The summed E-state index contributed by atoms with van der Waals surface area (Å²) in [6.45, 7) is 0.105. The molecular weight excluding hydrogens is 382 g/mol. The highest BCUT2D eigenvalue weighted by Gasteiger charge is 2.34. The van der Waals surface area contributed by atoms with Gasteiger partial charge in [-0.3, -0.25) is 0 Å². The molecule has 1 amide bonds. The molecule has 1 aliphatic carbocycles. The lowest BCUT2D eigenvalue weighted by atomic mass is 9.89. The van der Waals surface area contributed by atoms with E-state index in [2.05, 4.69) is 25.9 Å². The molecule has 1 aliphatic heterocycles. The van der Waals surface area contributed by atoms with Crippen molar-refractivity contribution in [2.24, 2.45) is 0 Å². The molecular formula is C19H18F2N6O2. The molecule has 4 bridgehead atoms. The summed E-state index contributed by atoms with van der Waals surface area (Å²) >= 11 is 0. The van der Waals surface area contributed by atoms with E-state index in [1.807, 2.05) is 0 Å². The van der Waals surface area contributed by atoms with Crippen LogP contribution in [-0.2, 0) is 11.3 Å². The Bertz CT molecular complexity index is 1130. The number of rotatable bonds is 1. The summed E-state index contributed by atoms with van der Waals surface area (Å²) in [7, 11) is 1.70. The average Bonchev–Trinajstić information content (AvgIpc) is 3.11. The fourth-order valence-electron chi connectivity index (χ4n) is 3.62. The molecule has 1 fully saturated rings. The van der Waals surface area contributed by atoms with Gasteiger partial charge in [0.1, 0.15) is 17.7 Å². The molecule has 3 N–H and O–H groups in total. The van der Waals surface area contributed by atoms with Crippen molar-refractivity contribution >= 4 is 34.4 Å². The maximum atomic E-state index is 14.4. The lowest BCUT2D eigenvalue weighted by Crippen LogP contribution is -2.52. The van der Waals surface area contributed by atoms with Crippen molar-refractivity contribution in [3.63, 3.8) is 0 Å². The van der Waals surface area contributed by atoms with E-state index in [-0.39, 0.29) is 36.3 Å². The van der Waals surface area contributed by atoms with Crippen molar-refractivity contribution in [3.8, 4) is 0 Å². The van der Waals surface area contributed by atoms with Gasteiger partial charge in [-0.15, -0.1) is 0 Å². The topological polar surface area (TPSA) is 93.1 Å². The number of nitrogens with zero attached hydrogens (tertiary/aromatic N) is 3. The molecule has 0 unspecified atom stereocenters. The van der Waals surface area contributed by atoms with E-state index < -0.39 is 11.6 Å². The van der Waals surface area contributed by atoms with Crippen molar-refractivity contribution in [1.82, 2.24) is 19.9 Å². The summed E-state index contributed by atoms with van der Waals surface area (Å²) in [5.74, 6) is -1.74. The molecule has 150 valence electrons. The summed E-state index contributed by atoms with van der Waals surface area (Å²) < 4.78 is 35.7. The summed E-state index contributed by atoms with van der Waals surface area (Å²) in [6.07, 6.45) is 2.74. The zero-order valence-electron chi connectivity index (χ0n) is 15.5. The molecule has 0 spiro atoms. The van der Waals surface area contributed by atoms with Crippen LogP contribution in [0.5, 0.6) is 0 Å². The van der Waals surface area contributed by atoms with Crippen molar-refractivity contribution in [2.75, 3.05) is 17.7 Å². The highest BCUT2D eigenvalue weighted by molar-refractivity contribution is 5.94. The van der Waals surface area contributed by atoms with Gasteiger partial charge in [0.25, 0.3) is 0 Å². The Morgan fingerprint density at radius 1 is 1.28 bits per heavy atom. The second kappa shape index (κ2) is 6.66. The highest BCUT2D eigenvalue weighted by Crippen LogP contribution is 2.30. The van der Waals surface area contributed by atoms with Crippen LogP contribution in [-0.4, -0.2) is 39.8 Å². The first-order chi connectivity index (χ1) is 14.0. The molecule has 2 aromatic heterocycles. The zero-order chi connectivity index (χ0) is 20.1. The number of amides is 1. The first kappa shape index (κ1) is 17.8. The number of ether oxygens (including phenoxy) is 1. The molecule has 10 heteroatoms. The van der Waals surface area contributed by atoms with Crippen LogP contribution in [0.4, 0.5) is 30.8 Å². The van der Waals surface area contributed by atoms with Crippen molar-refractivity contribution in [1.29, 1.82) is 0 Å². The number of nitrogens with one attached hydrogen (secondary N) is 3. The lowest BCUT2D eigenvalue weighted by Gasteiger charge is -2.36. The Kier molecular flexibility index (Phi) is 4.09. The summed E-state index contributed by atoms with van der Waals surface area (Å²) in [5, 5.41) is 8.74. The largest absolute Gasteiger partial charge is 0.386 e. The minimum atomic E-state index is -1.01. The number of halogens is 2. The van der Waals surface area contributed by atoms with Gasteiger partial charge in [-0.05, 0) is 30.5 Å². The smallest absolute Gasteiger partial charge is 0.328 e. The van der Waals surface area contributed by atoms with E-state index in [1.54, 1.807) is 13.1 Å². The van der Waals surface area contributed by atoms with Crippen LogP contribution in [0, 0.1) is 11.6 Å². The van der Waals surface area contributed by atoms with Gasteiger partial charge in [-0.2, -0.15) is 0 Å². The van der Waals surface area contributed by atoms with Crippen molar-refractivity contribution in [3.05, 3.63) is 41.7 Å². The average molecular weight is 400 g/mol. The van der Waals surface area contributed by atoms with Gasteiger partial charge in [-0.25, -0.2) is 28.1 Å². The zero-order valence-corrected chi connectivity index (χ0v) is 15.5. The molecule has 0 radical (unpaired) electrons. The molecule has 0 saturated heterocycles. The van der Waals surface area contributed by atoms with Crippen LogP contribution in [0.25, 0.3) is 11.2 Å². The standard InChI is InChI=1S/C19H18F2N6O2/c1-22-13-6-15-24-12-5-9(4-10(20)16(12)21)7-29-14-3-2-11(14)25-19(28)27-8-23-17(13)18(27)26-15/h4-6,8,11,14H,2-3,7H2,1H3,(H,25,28)(H2,22,24,26)/t11-,14-/m1/s1. The molecule has 8 nitrogen and oxygen atoms in total. The first-order valence-corrected chi connectivity index (χ1v) is 9.27. The lowest BCUT2D eigenvalue weighted by molar-refractivity contribution is -0.0324. The number of aromatic nitrogens is 3. The van der Waals surface area contributed by atoms with Crippen LogP contribution in [0.3, 0.4) is 0 Å². The maximum Gasteiger partial charge on any atom is 0.328 e. The van der Waals surface area contributed by atoms with E-state index in [9.17, 15) is 13.6 Å². The van der Waals surface area contributed by atoms with Gasteiger partial charge in [0.05, 0.1) is 30.1 Å².